The lowest BCUT2D eigenvalue weighted by Crippen LogP contribution is -2.20. The summed E-state index contributed by atoms with van der Waals surface area (Å²) in [4.78, 5) is 11.3. The Morgan fingerprint density at radius 2 is 2.21 bits per heavy atom. The summed E-state index contributed by atoms with van der Waals surface area (Å²) in [6, 6.07) is 8.55. The number of rotatable bonds is 5. The van der Waals surface area contributed by atoms with E-state index in [0.29, 0.717) is 5.16 Å². The van der Waals surface area contributed by atoms with Crippen molar-refractivity contribution < 1.29 is 0 Å². The Balaban J connectivity index is 2.10. The van der Waals surface area contributed by atoms with Crippen LogP contribution in [0.4, 0.5) is 0 Å². The molecule has 0 radical (unpaired) electrons. The van der Waals surface area contributed by atoms with Gasteiger partial charge < -0.3 is 5.32 Å². The summed E-state index contributed by atoms with van der Waals surface area (Å²) < 4.78 is 1.52. The highest BCUT2D eigenvalue weighted by Crippen LogP contribution is 2.24. The number of aryl methyl sites for hydroxylation is 1. The molecule has 0 bridgehead atoms. The smallest absolute Gasteiger partial charge is 0.312 e. The quantitative estimate of drug-likeness (QED) is 0.813. The molecule has 0 aliphatic heterocycles. The fourth-order valence-electron chi connectivity index (χ4n) is 1.93. The van der Waals surface area contributed by atoms with Gasteiger partial charge in [0.25, 0.3) is 0 Å². The van der Waals surface area contributed by atoms with Gasteiger partial charge in [-0.25, -0.2) is 9.89 Å². The predicted octanol–water partition coefficient (Wildman–Crippen LogP) is 1.47. The third kappa shape index (κ3) is 3.08. The zero-order chi connectivity index (χ0) is 13.8. The third-order valence-electron chi connectivity index (χ3n) is 3.13. The van der Waals surface area contributed by atoms with Gasteiger partial charge in [-0.1, -0.05) is 36.0 Å². The van der Waals surface area contributed by atoms with Crippen molar-refractivity contribution in [3.8, 4) is 0 Å². The van der Waals surface area contributed by atoms with E-state index in [2.05, 4.69) is 34.6 Å². The standard InChI is InChI=1S/C13H18N4OS/c1-9-6-4-5-7-10(9)11(14-2)8-19-13-16-15-12(18)17(13)3/h4-7,11,14H,8H2,1-3H3,(H,15,18). The van der Waals surface area contributed by atoms with E-state index in [9.17, 15) is 4.79 Å². The Morgan fingerprint density at radius 1 is 1.47 bits per heavy atom. The van der Waals surface area contributed by atoms with Crippen molar-refractivity contribution in [1.82, 2.24) is 20.1 Å². The van der Waals surface area contributed by atoms with Crippen molar-refractivity contribution in [1.29, 1.82) is 0 Å². The van der Waals surface area contributed by atoms with Gasteiger partial charge in [0.15, 0.2) is 5.16 Å². The molecule has 1 aromatic carbocycles. The summed E-state index contributed by atoms with van der Waals surface area (Å²) >= 11 is 1.56. The van der Waals surface area contributed by atoms with Crippen LogP contribution in [0.15, 0.2) is 34.2 Å². The van der Waals surface area contributed by atoms with Crippen LogP contribution in [0.25, 0.3) is 0 Å². The maximum atomic E-state index is 11.3. The van der Waals surface area contributed by atoms with Crippen LogP contribution in [0.3, 0.4) is 0 Å². The molecule has 5 nitrogen and oxygen atoms in total. The molecule has 19 heavy (non-hydrogen) atoms. The number of aromatic nitrogens is 3. The SMILES string of the molecule is CNC(CSc1n[nH]c(=O)n1C)c1ccccc1C. The summed E-state index contributed by atoms with van der Waals surface area (Å²) in [5, 5.41) is 10.5. The molecule has 1 aromatic heterocycles. The van der Waals surface area contributed by atoms with Gasteiger partial charge in [0.2, 0.25) is 0 Å². The van der Waals surface area contributed by atoms with Crippen molar-refractivity contribution in [2.45, 2.75) is 18.1 Å². The monoisotopic (exact) mass is 278 g/mol. The lowest BCUT2D eigenvalue weighted by atomic mass is 10.0. The van der Waals surface area contributed by atoms with Gasteiger partial charge in [0.1, 0.15) is 0 Å². The highest BCUT2D eigenvalue weighted by atomic mass is 32.2. The molecule has 1 atom stereocenters. The lowest BCUT2D eigenvalue weighted by molar-refractivity contribution is 0.655. The molecule has 102 valence electrons. The van der Waals surface area contributed by atoms with Crippen LogP contribution in [-0.2, 0) is 7.05 Å². The molecule has 2 rings (SSSR count). The van der Waals surface area contributed by atoms with Crippen molar-refractivity contribution in [2.75, 3.05) is 12.8 Å². The molecule has 0 amide bonds. The average molecular weight is 278 g/mol. The topological polar surface area (TPSA) is 62.7 Å². The molecular formula is C13H18N4OS. The fourth-order valence-corrected chi connectivity index (χ4v) is 2.97. The minimum Gasteiger partial charge on any atom is -0.312 e. The van der Waals surface area contributed by atoms with E-state index < -0.39 is 0 Å². The van der Waals surface area contributed by atoms with Crippen molar-refractivity contribution in [2.24, 2.45) is 7.05 Å². The minimum absolute atomic E-state index is 0.181. The zero-order valence-electron chi connectivity index (χ0n) is 11.3. The third-order valence-corrected chi connectivity index (χ3v) is 4.25. The number of nitrogens with zero attached hydrogens (tertiary/aromatic N) is 2. The second kappa shape index (κ2) is 6.08. The molecule has 0 aliphatic carbocycles. The summed E-state index contributed by atoms with van der Waals surface area (Å²) in [7, 11) is 3.66. The van der Waals surface area contributed by atoms with Crippen molar-refractivity contribution in [3.05, 3.63) is 45.9 Å². The molecular weight excluding hydrogens is 260 g/mol. The van der Waals surface area contributed by atoms with E-state index in [1.54, 1.807) is 18.8 Å². The Hall–Kier alpha value is -1.53. The highest BCUT2D eigenvalue weighted by Gasteiger charge is 2.14. The van der Waals surface area contributed by atoms with Crippen molar-refractivity contribution in [3.63, 3.8) is 0 Å². The minimum atomic E-state index is -0.181. The first-order valence-corrected chi connectivity index (χ1v) is 7.09. The molecule has 1 heterocycles. The zero-order valence-corrected chi connectivity index (χ0v) is 12.1. The Kier molecular flexibility index (Phi) is 4.44. The van der Waals surface area contributed by atoms with Gasteiger partial charge in [-0.05, 0) is 25.1 Å². The number of thioether (sulfide) groups is 1. The fraction of sp³-hybridized carbons (Fsp3) is 0.385. The molecule has 6 heteroatoms. The highest BCUT2D eigenvalue weighted by molar-refractivity contribution is 7.99. The number of benzene rings is 1. The van der Waals surface area contributed by atoms with Gasteiger partial charge in [-0.3, -0.25) is 4.57 Å². The maximum Gasteiger partial charge on any atom is 0.343 e. The van der Waals surface area contributed by atoms with E-state index in [0.717, 1.165) is 5.75 Å². The number of aromatic amines is 1. The molecule has 0 saturated heterocycles. The largest absolute Gasteiger partial charge is 0.343 e. The van der Waals surface area contributed by atoms with Gasteiger partial charge in [-0.2, -0.15) is 0 Å². The number of H-pyrrole nitrogens is 1. The van der Waals surface area contributed by atoms with Crippen molar-refractivity contribution >= 4 is 11.8 Å². The summed E-state index contributed by atoms with van der Waals surface area (Å²) in [5.41, 5.74) is 2.36. The molecule has 0 fully saturated rings. The van der Waals surface area contributed by atoms with Gasteiger partial charge in [-0.15, -0.1) is 5.10 Å². The molecule has 2 aromatic rings. The first-order valence-electron chi connectivity index (χ1n) is 6.10. The van der Waals surface area contributed by atoms with Crippen LogP contribution < -0.4 is 11.0 Å². The number of hydrogen-bond donors (Lipinski definition) is 2. The van der Waals surface area contributed by atoms with Crippen LogP contribution in [0.5, 0.6) is 0 Å². The first-order chi connectivity index (χ1) is 9.13. The van der Waals surface area contributed by atoms with Gasteiger partial charge >= 0.3 is 5.69 Å². The Bertz CT molecular complexity index is 605. The normalized spacial score (nSPS) is 12.6. The second-order valence-electron chi connectivity index (χ2n) is 4.38. The number of hydrogen-bond acceptors (Lipinski definition) is 4. The average Bonchev–Trinajstić information content (AvgIpc) is 2.73. The molecule has 0 spiro atoms. The van der Waals surface area contributed by atoms with Crippen LogP contribution in [0, 0.1) is 6.92 Å². The maximum absolute atomic E-state index is 11.3. The van der Waals surface area contributed by atoms with E-state index in [1.165, 1.54) is 15.7 Å². The number of nitrogens with one attached hydrogen (secondary N) is 2. The van der Waals surface area contributed by atoms with Crippen LogP contribution >= 0.6 is 11.8 Å². The summed E-state index contributed by atoms with van der Waals surface area (Å²) in [5.74, 6) is 0.819. The molecule has 2 N–H and O–H groups in total. The predicted molar refractivity (Wildman–Crippen MR) is 77.5 cm³/mol. The molecule has 0 aliphatic rings. The van der Waals surface area contributed by atoms with Gasteiger partial charge in [0.05, 0.1) is 0 Å². The van der Waals surface area contributed by atoms with E-state index in [1.807, 2.05) is 19.2 Å². The van der Waals surface area contributed by atoms with E-state index >= 15 is 0 Å². The lowest BCUT2D eigenvalue weighted by Gasteiger charge is -2.18. The molecule has 1 unspecified atom stereocenters. The second-order valence-corrected chi connectivity index (χ2v) is 5.37. The van der Waals surface area contributed by atoms with E-state index in [4.69, 9.17) is 0 Å². The summed E-state index contributed by atoms with van der Waals surface area (Å²) in [6.07, 6.45) is 0. The Labute approximate surface area is 116 Å². The van der Waals surface area contributed by atoms with E-state index in [-0.39, 0.29) is 11.7 Å². The van der Waals surface area contributed by atoms with Crippen LogP contribution in [0.1, 0.15) is 17.2 Å². The Morgan fingerprint density at radius 3 is 2.79 bits per heavy atom. The summed E-state index contributed by atoms with van der Waals surface area (Å²) in [6.45, 7) is 2.11. The van der Waals surface area contributed by atoms with Crippen LogP contribution in [-0.4, -0.2) is 27.6 Å². The molecule has 0 saturated carbocycles. The van der Waals surface area contributed by atoms with Crippen LogP contribution in [0.2, 0.25) is 0 Å². The first kappa shape index (κ1) is 13.9. The van der Waals surface area contributed by atoms with Gasteiger partial charge in [0, 0.05) is 18.8 Å².